The van der Waals surface area contributed by atoms with Crippen LogP contribution in [-0.4, -0.2) is 41.9 Å². The van der Waals surface area contributed by atoms with Crippen LogP contribution < -0.4 is 14.8 Å². The number of fused-ring (bicyclic) bond motifs is 1. The Morgan fingerprint density at radius 2 is 1.89 bits per heavy atom. The van der Waals surface area contributed by atoms with Gasteiger partial charge in [-0.3, -0.25) is 4.79 Å². The van der Waals surface area contributed by atoms with Crippen molar-refractivity contribution in [3.8, 4) is 22.8 Å². The number of ether oxygens (including phenoxy) is 3. The predicted molar refractivity (Wildman–Crippen MR) is 145 cm³/mol. The molecule has 200 valence electrons. The maximum absolute atomic E-state index is 11.4. The van der Waals surface area contributed by atoms with Crippen LogP contribution in [0.2, 0.25) is 0 Å². The van der Waals surface area contributed by atoms with Crippen molar-refractivity contribution in [2.45, 2.75) is 64.2 Å². The first kappa shape index (κ1) is 26.2. The van der Waals surface area contributed by atoms with Crippen molar-refractivity contribution >= 4 is 5.91 Å². The molecule has 1 fully saturated rings. The van der Waals surface area contributed by atoms with Crippen molar-refractivity contribution < 1.29 is 24.1 Å². The number of carbonyl (C=O) groups excluding carboxylic acids is 1. The molecular formula is C31H36N2O5. The second kappa shape index (κ2) is 12.0. The molecule has 7 nitrogen and oxygen atoms in total. The molecule has 7 heteroatoms. The normalized spacial score (nSPS) is 19.2. The highest BCUT2D eigenvalue weighted by molar-refractivity contribution is 5.78. The smallest absolute Gasteiger partial charge is 0.220 e. The Morgan fingerprint density at radius 3 is 2.61 bits per heavy atom. The van der Waals surface area contributed by atoms with Crippen LogP contribution in [0.4, 0.5) is 0 Å². The summed E-state index contributed by atoms with van der Waals surface area (Å²) in [6.45, 7) is 5.11. The van der Waals surface area contributed by atoms with Crippen LogP contribution in [0.15, 0.2) is 54.6 Å². The van der Waals surface area contributed by atoms with Crippen molar-refractivity contribution in [2.75, 3.05) is 19.8 Å². The summed E-state index contributed by atoms with van der Waals surface area (Å²) in [5.74, 6) is 1.49. The lowest BCUT2D eigenvalue weighted by Crippen LogP contribution is -2.31. The Kier molecular flexibility index (Phi) is 8.25. The van der Waals surface area contributed by atoms with E-state index in [0.717, 1.165) is 41.8 Å². The fourth-order valence-corrected chi connectivity index (χ4v) is 5.47. The van der Waals surface area contributed by atoms with E-state index in [1.165, 1.54) is 16.7 Å². The van der Waals surface area contributed by atoms with Crippen LogP contribution in [0.5, 0.6) is 11.6 Å². The van der Waals surface area contributed by atoms with Crippen molar-refractivity contribution in [2.24, 2.45) is 0 Å². The molecule has 2 aliphatic rings. The quantitative estimate of drug-likeness (QED) is 0.362. The minimum atomic E-state index is -0.106. The Labute approximate surface area is 224 Å². The maximum Gasteiger partial charge on any atom is 0.220 e. The number of nitrogens with one attached hydrogen (secondary N) is 1. The molecule has 0 spiro atoms. The second-order valence-corrected chi connectivity index (χ2v) is 9.94. The topological polar surface area (TPSA) is 89.9 Å². The number of aliphatic hydroxyl groups excluding tert-OH is 1. The lowest BCUT2D eigenvalue weighted by atomic mass is 9.96. The van der Waals surface area contributed by atoms with E-state index in [2.05, 4.69) is 29.6 Å². The number of nitrogens with zero attached hydrogens (tertiary/aromatic N) is 1. The SMILES string of the molecule is CCO[C@@H](CCO)c1ccc(O[C@@H]2CCc3c(-c4ccc(OC[C@H]5CCC(=O)N5)nc4C)cccc32)cc1. The number of pyridine rings is 1. The van der Waals surface area contributed by atoms with Gasteiger partial charge in [0.1, 0.15) is 18.5 Å². The van der Waals surface area contributed by atoms with Crippen LogP contribution >= 0.6 is 0 Å². The van der Waals surface area contributed by atoms with Gasteiger partial charge in [-0.2, -0.15) is 0 Å². The number of benzene rings is 2. The average molecular weight is 517 g/mol. The number of hydrogen-bond acceptors (Lipinski definition) is 6. The van der Waals surface area contributed by atoms with Crippen molar-refractivity contribution in [1.82, 2.24) is 10.3 Å². The van der Waals surface area contributed by atoms with Crippen molar-refractivity contribution in [1.29, 1.82) is 0 Å². The molecule has 5 rings (SSSR count). The average Bonchev–Trinajstić information content (AvgIpc) is 3.54. The lowest BCUT2D eigenvalue weighted by molar-refractivity contribution is -0.119. The molecule has 2 aromatic carbocycles. The van der Waals surface area contributed by atoms with E-state index in [1.54, 1.807) is 0 Å². The first-order chi connectivity index (χ1) is 18.6. The minimum absolute atomic E-state index is 0.00609. The van der Waals surface area contributed by atoms with E-state index in [4.69, 9.17) is 19.2 Å². The van der Waals surface area contributed by atoms with Gasteiger partial charge in [0.15, 0.2) is 0 Å². The lowest BCUT2D eigenvalue weighted by Gasteiger charge is -2.19. The summed E-state index contributed by atoms with van der Waals surface area (Å²) in [6.07, 6.45) is 3.69. The van der Waals surface area contributed by atoms with Gasteiger partial charge in [-0.1, -0.05) is 30.3 Å². The van der Waals surface area contributed by atoms with Gasteiger partial charge < -0.3 is 24.6 Å². The molecule has 3 aromatic rings. The summed E-state index contributed by atoms with van der Waals surface area (Å²) in [5, 5.41) is 12.3. The van der Waals surface area contributed by atoms with E-state index in [9.17, 15) is 9.90 Å². The molecule has 1 aliphatic carbocycles. The molecule has 3 atom stereocenters. The highest BCUT2D eigenvalue weighted by Gasteiger charge is 2.27. The third kappa shape index (κ3) is 5.84. The number of amides is 1. The Morgan fingerprint density at radius 1 is 1.05 bits per heavy atom. The molecule has 2 N–H and O–H groups in total. The number of aliphatic hydroxyl groups is 1. The summed E-state index contributed by atoms with van der Waals surface area (Å²) in [6, 6.07) is 18.5. The Hall–Kier alpha value is -3.42. The molecular weight excluding hydrogens is 480 g/mol. The van der Waals surface area contributed by atoms with Gasteiger partial charge in [0.2, 0.25) is 11.8 Å². The molecule has 38 heavy (non-hydrogen) atoms. The van der Waals surface area contributed by atoms with E-state index in [1.807, 2.05) is 44.2 Å². The van der Waals surface area contributed by atoms with Gasteiger partial charge >= 0.3 is 0 Å². The third-order valence-electron chi connectivity index (χ3n) is 7.37. The molecule has 1 amide bonds. The van der Waals surface area contributed by atoms with Gasteiger partial charge in [0.25, 0.3) is 0 Å². The molecule has 0 radical (unpaired) electrons. The van der Waals surface area contributed by atoms with Crippen LogP contribution in [-0.2, 0) is 16.0 Å². The molecule has 1 aromatic heterocycles. The molecule has 0 bridgehead atoms. The van der Waals surface area contributed by atoms with E-state index in [0.29, 0.717) is 31.9 Å². The second-order valence-electron chi connectivity index (χ2n) is 9.94. The van der Waals surface area contributed by atoms with Gasteiger partial charge in [0, 0.05) is 43.4 Å². The maximum atomic E-state index is 11.4. The van der Waals surface area contributed by atoms with Crippen LogP contribution in [0.3, 0.4) is 0 Å². The highest BCUT2D eigenvalue weighted by Crippen LogP contribution is 2.41. The fourth-order valence-electron chi connectivity index (χ4n) is 5.47. The third-order valence-corrected chi connectivity index (χ3v) is 7.37. The standard InChI is InChI=1S/C31H36N2O5/c1-3-36-28(17-18-34)21-7-10-23(11-8-21)38-29-14-12-26-25(5-4-6-27(26)29)24-13-16-31(32-20(24)2)37-19-22-9-15-30(35)33-22/h4-8,10-11,13,16,22,28-29,34H,3,9,12,14-15,17-19H2,1-2H3,(H,33,35)/t22-,28+,29-/m1/s1. The van der Waals surface area contributed by atoms with Gasteiger partial charge in [0.05, 0.1) is 12.1 Å². The summed E-state index contributed by atoms with van der Waals surface area (Å²) in [5.41, 5.74) is 6.77. The van der Waals surface area contributed by atoms with Crippen molar-refractivity contribution in [3.63, 3.8) is 0 Å². The monoisotopic (exact) mass is 516 g/mol. The number of rotatable bonds is 11. The van der Waals surface area contributed by atoms with Gasteiger partial charge in [-0.15, -0.1) is 0 Å². The first-order valence-electron chi connectivity index (χ1n) is 13.6. The van der Waals surface area contributed by atoms with Crippen LogP contribution in [0, 0.1) is 6.92 Å². The van der Waals surface area contributed by atoms with E-state index in [-0.39, 0.29) is 30.8 Å². The van der Waals surface area contributed by atoms with E-state index >= 15 is 0 Å². The summed E-state index contributed by atoms with van der Waals surface area (Å²) in [7, 11) is 0. The Bertz CT molecular complexity index is 1250. The largest absolute Gasteiger partial charge is 0.486 e. The molecule has 0 unspecified atom stereocenters. The minimum Gasteiger partial charge on any atom is -0.486 e. The summed E-state index contributed by atoms with van der Waals surface area (Å²) < 4.78 is 18.1. The Balaban J connectivity index is 1.28. The zero-order valence-corrected chi connectivity index (χ0v) is 22.1. The number of hydrogen-bond donors (Lipinski definition) is 2. The summed E-state index contributed by atoms with van der Waals surface area (Å²) >= 11 is 0. The summed E-state index contributed by atoms with van der Waals surface area (Å²) in [4.78, 5) is 16.1. The van der Waals surface area contributed by atoms with E-state index < -0.39 is 0 Å². The van der Waals surface area contributed by atoms with Crippen LogP contribution in [0.25, 0.3) is 11.1 Å². The highest BCUT2D eigenvalue weighted by atomic mass is 16.5. The van der Waals surface area contributed by atoms with Crippen molar-refractivity contribution in [3.05, 3.63) is 77.0 Å². The zero-order chi connectivity index (χ0) is 26.5. The van der Waals surface area contributed by atoms with Gasteiger partial charge in [-0.05, 0) is 73.6 Å². The zero-order valence-electron chi connectivity index (χ0n) is 22.1. The predicted octanol–water partition coefficient (Wildman–Crippen LogP) is 5.24. The first-order valence-corrected chi connectivity index (χ1v) is 13.6. The van der Waals surface area contributed by atoms with Crippen LogP contribution in [0.1, 0.15) is 67.2 Å². The molecule has 0 saturated carbocycles. The molecule has 1 aliphatic heterocycles. The number of aromatic nitrogens is 1. The molecule has 1 saturated heterocycles. The molecule has 2 heterocycles. The number of aryl methyl sites for hydroxylation is 1. The fraction of sp³-hybridized carbons (Fsp3) is 0.419. The number of carbonyl (C=O) groups is 1. The van der Waals surface area contributed by atoms with Gasteiger partial charge in [-0.25, -0.2) is 4.98 Å².